The number of likely N-dealkylation sites (tertiary alicyclic amines) is 1. The Kier molecular flexibility index (Phi) is 1.90. The zero-order chi connectivity index (χ0) is 5.98. The van der Waals surface area contributed by atoms with Gasteiger partial charge in [0.15, 0.2) is 0 Å². The molecule has 47 valence electrons. The Bertz CT molecular complexity index is 70.8. The first-order valence-corrected chi connectivity index (χ1v) is 3.34. The first kappa shape index (κ1) is 6.09. The molecule has 8 heavy (non-hydrogen) atoms. The molecule has 0 N–H and O–H groups in total. The van der Waals surface area contributed by atoms with Crippen LogP contribution in [0.1, 0.15) is 13.3 Å². The molecule has 0 aromatic rings. The summed E-state index contributed by atoms with van der Waals surface area (Å²) in [6.07, 6.45) is 1.37. The fourth-order valence-corrected chi connectivity index (χ4v) is 1.23. The van der Waals surface area contributed by atoms with E-state index in [-0.39, 0.29) is 0 Å². The highest BCUT2D eigenvalue weighted by Gasteiger charge is 2.15. The van der Waals surface area contributed by atoms with E-state index in [0.717, 1.165) is 12.5 Å². The van der Waals surface area contributed by atoms with Crippen LogP contribution in [0.15, 0.2) is 0 Å². The van der Waals surface area contributed by atoms with Gasteiger partial charge in [-0.2, -0.15) is 0 Å². The van der Waals surface area contributed by atoms with Crippen molar-refractivity contribution in [3.63, 3.8) is 0 Å². The Morgan fingerprint density at radius 2 is 2.50 bits per heavy atom. The van der Waals surface area contributed by atoms with E-state index in [0.29, 0.717) is 0 Å². The van der Waals surface area contributed by atoms with E-state index < -0.39 is 0 Å². The van der Waals surface area contributed by atoms with Crippen molar-refractivity contribution in [3.05, 3.63) is 6.92 Å². The van der Waals surface area contributed by atoms with Crippen LogP contribution in [-0.2, 0) is 0 Å². The highest BCUT2D eigenvalue weighted by atomic mass is 15.1. The molecule has 0 saturated carbocycles. The molecule has 0 aromatic carbocycles. The lowest BCUT2D eigenvalue weighted by molar-refractivity contribution is 0.362. The fourth-order valence-electron chi connectivity index (χ4n) is 1.23. The van der Waals surface area contributed by atoms with Gasteiger partial charge in [0.1, 0.15) is 0 Å². The normalized spacial score (nSPS) is 31.5. The summed E-state index contributed by atoms with van der Waals surface area (Å²) in [5.74, 6) is 0.914. The topological polar surface area (TPSA) is 3.24 Å². The van der Waals surface area contributed by atoms with Crippen molar-refractivity contribution in [3.8, 4) is 0 Å². The minimum atomic E-state index is 0.914. The highest BCUT2D eigenvalue weighted by molar-refractivity contribution is 4.71. The zero-order valence-corrected chi connectivity index (χ0v) is 5.56. The summed E-state index contributed by atoms with van der Waals surface area (Å²) < 4.78 is 0. The maximum atomic E-state index is 3.83. The molecule has 1 heterocycles. The van der Waals surface area contributed by atoms with Crippen molar-refractivity contribution in [1.29, 1.82) is 0 Å². The van der Waals surface area contributed by atoms with Crippen LogP contribution in [0.3, 0.4) is 0 Å². The molecule has 1 saturated heterocycles. The molecule has 1 fully saturated rings. The molecule has 1 atom stereocenters. The zero-order valence-electron chi connectivity index (χ0n) is 5.56. The summed E-state index contributed by atoms with van der Waals surface area (Å²) in [5, 5.41) is 0. The summed E-state index contributed by atoms with van der Waals surface area (Å²) in [7, 11) is 0. The first-order valence-electron chi connectivity index (χ1n) is 3.34. The van der Waals surface area contributed by atoms with Gasteiger partial charge in [-0.1, -0.05) is 6.92 Å². The lowest BCUT2D eigenvalue weighted by Crippen LogP contribution is -2.19. The molecule has 1 heteroatoms. The minimum Gasteiger partial charge on any atom is -0.303 e. The van der Waals surface area contributed by atoms with Gasteiger partial charge in [0.05, 0.1) is 0 Å². The van der Waals surface area contributed by atoms with Crippen LogP contribution in [0.4, 0.5) is 0 Å². The summed E-state index contributed by atoms with van der Waals surface area (Å²) in [5.41, 5.74) is 0. The molecule has 0 aliphatic carbocycles. The molecular formula is C7H14N. The van der Waals surface area contributed by atoms with Crippen molar-refractivity contribution >= 4 is 0 Å². The number of nitrogens with zero attached hydrogens (tertiary/aromatic N) is 1. The largest absolute Gasteiger partial charge is 0.303 e. The molecule has 1 nitrogen and oxygen atoms in total. The number of rotatable bonds is 1. The molecule has 1 radical (unpaired) electrons. The van der Waals surface area contributed by atoms with E-state index in [1.807, 2.05) is 0 Å². The van der Waals surface area contributed by atoms with E-state index in [4.69, 9.17) is 0 Å². The molecule has 0 spiro atoms. The maximum Gasteiger partial charge on any atom is 0.000750 e. The third-order valence-electron chi connectivity index (χ3n) is 1.82. The third kappa shape index (κ3) is 1.22. The lowest BCUT2D eigenvalue weighted by Gasteiger charge is -2.09. The van der Waals surface area contributed by atoms with Gasteiger partial charge >= 0.3 is 0 Å². The maximum absolute atomic E-state index is 3.83. The standard InChI is InChI=1S/C7H14N/c1-3-8-5-4-7(2)6-8/h7H,1,3-6H2,2H3/t7-/m0/s1. The van der Waals surface area contributed by atoms with Gasteiger partial charge in [-0.3, -0.25) is 0 Å². The number of hydrogen-bond donors (Lipinski definition) is 0. The lowest BCUT2D eigenvalue weighted by atomic mass is 10.2. The van der Waals surface area contributed by atoms with Crippen molar-refractivity contribution in [2.75, 3.05) is 19.6 Å². The second-order valence-electron chi connectivity index (χ2n) is 2.69. The Labute approximate surface area is 51.7 Å². The minimum absolute atomic E-state index is 0.914. The summed E-state index contributed by atoms with van der Waals surface area (Å²) in [6, 6.07) is 0. The molecular weight excluding hydrogens is 98.1 g/mol. The van der Waals surface area contributed by atoms with E-state index in [1.54, 1.807) is 0 Å². The number of hydrogen-bond acceptors (Lipinski definition) is 1. The third-order valence-corrected chi connectivity index (χ3v) is 1.82. The van der Waals surface area contributed by atoms with Gasteiger partial charge in [0.2, 0.25) is 0 Å². The Hall–Kier alpha value is -0.0400. The van der Waals surface area contributed by atoms with Gasteiger partial charge in [0.25, 0.3) is 0 Å². The molecule has 1 aliphatic rings. The van der Waals surface area contributed by atoms with Crippen LogP contribution in [-0.4, -0.2) is 24.5 Å². The van der Waals surface area contributed by atoms with E-state index >= 15 is 0 Å². The second-order valence-corrected chi connectivity index (χ2v) is 2.69. The van der Waals surface area contributed by atoms with Gasteiger partial charge in [0, 0.05) is 6.54 Å². The van der Waals surface area contributed by atoms with Crippen molar-refractivity contribution in [1.82, 2.24) is 4.90 Å². The van der Waals surface area contributed by atoms with Crippen LogP contribution >= 0.6 is 0 Å². The molecule has 0 aromatic heterocycles. The average molecular weight is 112 g/mol. The molecule has 1 rings (SSSR count). The van der Waals surface area contributed by atoms with Crippen LogP contribution in [0, 0.1) is 12.8 Å². The Morgan fingerprint density at radius 1 is 1.75 bits per heavy atom. The fraction of sp³-hybridized carbons (Fsp3) is 0.857. The van der Waals surface area contributed by atoms with Crippen LogP contribution in [0.2, 0.25) is 0 Å². The van der Waals surface area contributed by atoms with Crippen molar-refractivity contribution in [2.45, 2.75) is 13.3 Å². The summed E-state index contributed by atoms with van der Waals surface area (Å²) in [6.45, 7) is 9.66. The van der Waals surface area contributed by atoms with Crippen molar-refractivity contribution in [2.24, 2.45) is 5.92 Å². The molecule has 0 amide bonds. The van der Waals surface area contributed by atoms with Gasteiger partial charge in [-0.05, 0) is 32.4 Å². The van der Waals surface area contributed by atoms with E-state index in [2.05, 4.69) is 18.7 Å². The SMILES string of the molecule is [CH2]CN1CC[C@H](C)C1. The van der Waals surface area contributed by atoms with E-state index in [9.17, 15) is 0 Å². The van der Waals surface area contributed by atoms with Crippen LogP contribution in [0.25, 0.3) is 0 Å². The first-order chi connectivity index (χ1) is 3.83. The van der Waals surface area contributed by atoms with Gasteiger partial charge in [-0.25, -0.2) is 0 Å². The Morgan fingerprint density at radius 3 is 2.75 bits per heavy atom. The predicted molar refractivity (Wildman–Crippen MR) is 35.6 cm³/mol. The van der Waals surface area contributed by atoms with Crippen molar-refractivity contribution < 1.29 is 0 Å². The quantitative estimate of drug-likeness (QED) is 0.492. The van der Waals surface area contributed by atoms with Gasteiger partial charge < -0.3 is 4.90 Å². The summed E-state index contributed by atoms with van der Waals surface area (Å²) in [4.78, 5) is 2.39. The highest BCUT2D eigenvalue weighted by Crippen LogP contribution is 2.13. The average Bonchev–Trinajstić information content (AvgIpc) is 2.14. The van der Waals surface area contributed by atoms with Gasteiger partial charge in [-0.15, -0.1) is 0 Å². The monoisotopic (exact) mass is 112 g/mol. The van der Waals surface area contributed by atoms with Crippen LogP contribution in [0.5, 0.6) is 0 Å². The molecule has 0 bridgehead atoms. The van der Waals surface area contributed by atoms with E-state index in [1.165, 1.54) is 19.5 Å². The Balaban J connectivity index is 2.22. The second kappa shape index (κ2) is 2.49. The predicted octanol–water partition coefficient (Wildman–Crippen LogP) is 1.16. The van der Waals surface area contributed by atoms with Crippen LogP contribution < -0.4 is 0 Å². The molecule has 1 aliphatic heterocycles. The molecule has 0 unspecified atom stereocenters. The summed E-state index contributed by atoms with van der Waals surface area (Å²) >= 11 is 0. The smallest absolute Gasteiger partial charge is 0.000750 e.